The molecular formula is C12H12BrClINO. The van der Waals surface area contributed by atoms with E-state index in [0.29, 0.717) is 16.6 Å². The van der Waals surface area contributed by atoms with Crippen molar-refractivity contribution in [2.75, 3.05) is 11.9 Å². The molecule has 1 amide bonds. The van der Waals surface area contributed by atoms with E-state index in [2.05, 4.69) is 38.5 Å². The van der Waals surface area contributed by atoms with Gasteiger partial charge in [-0.3, -0.25) is 4.79 Å². The molecule has 1 aromatic carbocycles. The largest absolute Gasteiger partial charge is 0.335 e. The summed E-state index contributed by atoms with van der Waals surface area (Å²) in [5, 5.41) is 1.49. The summed E-state index contributed by atoms with van der Waals surface area (Å²) in [7, 11) is 0. The Morgan fingerprint density at radius 3 is 3.00 bits per heavy atom. The maximum Gasteiger partial charge on any atom is 0.254 e. The van der Waals surface area contributed by atoms with E-state index >= 15 is 0 Å². The summed E-state index contributed by atoms with van der Waals surface area (Å²) in [4.78, 5) is 14.3. The van der Waals surface area contributed by atoms with Crippen molar-refractivity contribution in [3.05, 3.63) is 32.4 Å². The molecule has 17 heavy (non-hydrogen) atoms. The van der Waals surface area contributed by atoms with Gasteiger partial charge < -0.3 is 4.90 Å². The summed E-state index contributed by atoms with van der Waals surface area (Å²) >= 11 is 11.7. The predicted molar refractivity (Wildman–Crippen MR) is 82.0 cm³/mol. The Labute approximate surface area is 128 Å². The molecule has 5 heteroatoms. The van der Waals surface area contributed by atoms with Crippen LogP contribution in [0.4, 0.5) is 0 Å². The van der Waals surface area contributed by atoms with Gasteiger partial charge in [0.15, 0.2) is 0 Å². The van der Waals surface area contributed by atoms with Gasteiger partial charge in [0.2, 0.25) is 0 Å². The molecule has 1 fully saturated rings. The monoisotopic (exact) mass is 427 g/mol. The Balaban J connectivity index is 2.21. The maximum atomic E-state index is 12.3. The average molecular weight is 428 g/mol. The maximum absolute atomic E-state index is 12.3. The molecule has 1 unspecified atom stereocenters. The number of likely N-dealkylation sites (tertiary alicyclic amines) is 1. The van der Waals surface area contributed by atoms with Crippen LogP contribution in [-0.4, -0.2) is 28.7 Å². The van der Waals surface area contributed by atoms with Crippen molar-refractivity contribution in [2.24, 2.45) is 0 Å². The van der Waals surface area contributed by atoms with Crippen LogP contribution in [0.25, 0.3) is 0 Å². The van der Waals surface area contributed by atoms with Gasteiger partial charge in [-0.05, 0) is 53.6 Å². The van der Waals surface area contributed by atoms with Crippen LogP contribution in [0.1, 0.15) is 23.2 Å². The fourth-order valence-corrected chi connectivity index (χ4v) is 3.25. The highest BCUT2D eigenvalue weighted by atomic mass is 127. The molecule has 0 radical (unpaired) electrons. The Bertz CT molecular complexity index is 441. The molecular weight excluding hydrogens is 416 g/mol. The highest BCUT2D eigenvalue weighted by Crippen LogP contribution is 2.24. The number of carbonyl (C=O) groups is 1. The van der Waals surface area contributed by atoms with Crippen LogP contribution < -0.4 is 0 Å². The van der Waals surface area contributed by atoms with Crippen molar-refractivity contribution in [2.45, 2.75) is 18.9 Å². The topological polar surface area (TPSA) is 20.3 Å². The third-order valence-corrected chi connectivity index (χ3v) is 5.30. The van der Waals surface area contributed by atoms with Crippen LogP contribution in [0.15, 0.2) is 18.2 Å². The number of alkyl halides is 1. The Kier molecular flexibility index (Phi) is 4.72. The Morgan fingerprint density at radius 1 is 1.59 bits per heavy atom. The number of amides is 1. The van der Waals surface area contributed by atoms with Gasteiger partial charge in [-0.2, -0.15) is 0 Å². The second-order valence-electron chi connectivity index (χ2n) is 4.08. The van der Waals surface area contributed by atoms with Crippen LogP contribution in [0.3, 0.4) is 0 Å². The first kappa shape index (κ1) is 13.6. The minimum atomic E-state index is 0.0882. The highest BCUT2D eigenvalue weighted by molar-refractivity contribution is 14.1. The van der Waals surface area contributed by atoms with Gasteiger partial charge in [-0.1, -0.05) is 27.5 Å². The van der Waals surface area contributed by atoms with E-state index < -0.39 is 0 Å². The molecule has 1 heterocycles. The molecule has 0 aromatic heterocycles. The van der Waals surface area contributed by atoms with E-state index in [1.54, 1.807) is 6.07 Å². The van der Waals surface area contributed by atoms with E-state index in [9.17, 15) is 4.79 Å². The summed E-state index contributed by atoms with van der Waals surface area (Å²) in [5.74, 6) is 0.0882. The summed E-state index contributed by atoms with van der Waals surface area (Å²) in [6.07, 6.45) is 2.16. The van der Waals surface area contributed by atoms with Gasteiger partial charge in [0.1, 0.15) is 0 Å². The van der Waals surface area contributed by atoms with Crippen molar-refractivity contribution >= 4 is 56.0 Å². The van der Waals surface area contributed by atoms with E-state index in [0.717, 1.165) is 28.3 Å². The zero-order valence-electron chi connectivity index (χ0n) is 9.13. The number of hydrogen-bond acceptors (Lipinski definition) is 1. The van der Waals surface area contributed by atoms with Gasteiger partial charge in [0, 0.05) is 27.1 Å². The zero-order chi connectivity index (χ0) is 12.4. The standard InChI is InChI=1S/C12H12BrClINO/c13-7-9-2-1-5-16(9)12(17)8-3-4-11(15)10(14)6-8/h3-4,6,9H,1-2,5,7H2. The molecule has 1 saturated heterocycles. The number of rotatable bonds is 2. The molecule has 2 rings (SSSR count). The van der Waals surface area contributed by atoms with Crippen LogP contribution >= 0.6 is 50.1 Å². The molecule has 0 bridgehead atoms. The smallest absolute Gasteiger partial charge is 0.254 e. The molecule has 1 aliphatic heterocycles. The quantitative estimate of drug-likeness (QED) is 0.516. The van der Waals surface area contributed by atoms with Crippen molar-refractivity contribution < 1.29 is 4.79 Å². The van der Waals surface area contributed by atoms with E-state index in [1.165, 1.54) is 0 Å². The highest BCUT2D eigenvalue weighted by Gasteiger charge is 2.28. The third-order valence-electron chi connectivity index (χ3n) is 2.98. The summed E-state index contributed by atoms with van der Waals surface area (Å²) < 4.78 is 0.972. The van der Waals surface area contributed by atoms with Crippen LogP contribution in [-0.2, 0) is 0 Å². The number of benzene rings is 1. The van der Waals surface area contributed by atoms with Gasteiger partial charge in [0.05, 0.1) is 5.02 Å². The second kappa shape index (κ2) is 5.89. The van der Waals surface area contributed by atoms with Crippen molar-refractivity contribution in [1.29, 1.82) is 0 Å². The lowest BCUT2D eigenvalue weighted by atomic mass is 10.2. The van der Waals surface area contributed by atoms with Gasteiger partial charge in [0.25, 0.3) is 5.91 Å². The molecule has 1 aromatic rings. The molecule has 1 atom stereocenters. The normalized spacial score (nSPS) is 19.7. The van der Waals surface area contributed by atoms with Crippen LogP contribution in [0, 0.1) is 3.57 Å². The number of carbonyl (C=O) groups excluding carboxylic acids is 1. The lowest BCUT2D eigenvalue weighted by Gasteiger charge is -2.23. The van der Waals surface area contributed by atoms with Crippen LogP contribution in [0.5, 0.6) is 0 Å². The van der Waals surface area contributed by atoms with Crippen molar-refractivity contribution in [1.82, 2.24) is 4.90 Å². The molecule has 0 spiro atoms. The lowest BCUT2D eigenvalue weighted by molar-refractivity contribution is 0.0750. The van der Waals surface area contributed by atoms with E-state index in [4.69, 9.17) is 11.6 Å². The first-order valence-corrected chi connectivity index (χ1v) is 8.03. The first-order chi connectivity index (χ1) is 8.13. The summed E-state index contributed by atoms with van der Waals surface area (Å²) in [6, 6.07) is 5.81. The molecule has 2 nitrogen and oxygen atoms in total. The molecule has 0 aliphatic carbocycles. The van der Waals surface area contributed by atoms with Crippen molar-refractivity contribution in [3.8, 4) is 0 Å². The number of nitrogens with zero attached hydrogens (tertiary/aromatic N) is 1. The van der Waals surface area contributed by atoms with Gasteiger partial charge in [-0.25, -0.2) is 0 Å². The van der Waals surface area contributed by atoms with E-state index in [-0.39, 0.29) is 5.91 Å². The van der Waals surface area contributed by atoms with Crippen LogP contribution in [0.2, 0.25) is 5.02 Å². The second-order valence-corrected chi connectivity index (χ2v) is 6.29. The summed E-state index contributed by atoms with van der Waals surface area (Å²) in [5.41, 5.74) is 0.684. The number of hydrogen-bond donors (Lipinski definition) is 0. The Morgan fingerprint density at radius 2 is 2.35 bits per heavy atom. The Hall–Kier alpha value is 0.190. The lowest BCUT2D eigenvalue weighted by Crippen LogP contribution is -2.36. The van der Waals surface area contributed by atoms with Gasteiger partial charge >= 0.3 is 0 Å². The molecule has 0 saturated carbocycles. The summed E-state index contributed by atoms with van der Waals surface area (Å²) in [6.45, 7) is 0.846. The van der Waals surface area contributed by atoms with Gasteiger partial charge in [-0.15, -0.1) is 0 Å². The predicted octanol–water partition coefficient (Wildman–Crippen LogP) is 3.94. The first-order valence-electron chi connectivity index (χ1n) is 5.45. The average Bonchev–Trinajstić information content (AvgIpc) is 2.80. The fraction of sp³-hybridized carbons (Fsp3) is 0.417. The molecule has 92 valence electrons. The SMILES string of the molecule is O=C(c1ccc(I)c(Cl)c1)N1CCCC1CBr. The third kappa shape index (κ3) is 2.96. The molecule has 1 aliphatic rings. The van der Waals surface area contributed by atoms with Crippen molar-refractivity contribution in [3.63, 3.8) is 0 Å². The number of halogens is 3. The minimum Gasteiger partial charge on any atom is -0.335 e. The minimum absolute atomic E-state index is 0.0882. The van der Waals surface area contributed by atoms with E-state index in [1.807, 2.05) is 17.0 Å². The molecule has 0 N–H and O–H groups in total. The fourth-order valence-electron chi connectivity index (χ4n) is 2.06. The zero-order valence-corrected chi connectivity index (χ0v) is 13.6.